The summed E-state index contributed by atoms with van der Waals surface area (Å²) in [6.07, 6.45) is 3.05. The summed E-state index contributed by atoms with van der Waals surface area (Å²) >= 11 is 2.52. The standard InChI is InChI=1S/C10H7N3O2S2/c14-3-1-2-7-4-12-10(17-7)13-9(15)8-5-11-6-16-8/h4-6,14H,3H2,(H,12,13,15). The Balaban J connectivity index is 2.04. The smallest absolute Gasteiger partial charge is 0.269 e. The molecule has 2 heterocycles. The number of amides is 1. The molecule has 0 aliphatic rings. The number of hydrogen-bond donors (Lipinski definition) is 2. The third kappa shape index (κ3) is 3.10. The van der Waals surface area contributed by atoms with Gasteiger partial charge in [0.2, 0.25) is 0 Å². The van der Waals surface area contributed by atoms with Crippen LogP contribution in [0.5, 0.6) is 0 Å². The number of aliphatic hydroxyl groups is 1. The van der Waals surface area contributed by atoms with Crippen LogP contribution in [0.2, 0.25) is 0 Å². The molecule has 0 fully saturated rings. The Hall–Kier alpha value is -1.75. The number of anilines is 1. The van der Waals surface area contributed by atoms with Crippen LogP contribution in [0.15, 0.2) is 17.9 Å². The minimum absolute atomic E-state index is 0.194. The molecule has 7 heteroatoms. The number of carbonyl (C=O) groups excluding carboxylic acids is 1. The van der Waals surface area contributed by atoms with Crippen LogP contribution in [0.1, 0.15) is 14.5 Å². The summed E-state index contributed by atoms with van der Waals surface area (Å²) in [5.41, 5.74) is 1.59. The molecule has 2 aromatic rings. The predicted octanol–water partition coefficient (Wildman–Crippen LogP) is 1.20. The van der Waals surface area contributed by atoms with Gasteiger partial charge in [0.15, 0.2) is 5.13 Å². The van der Waals surface area contributed by atoms with Crippen molar-refractivity contribution >= 4 is 33.7 Å². The van der Waals surface area contributed by atoms with E-state index in [0.717, 1.165) is 0 Å². The van der Waals surface area contributed by atoms with Gasteiger partial charge in [-0.3, -0.25) is 15.1 Å². The first-order valence-corrected chi connectivity index (χ1v) is 6.24. The van der Waals surface area contributed by atoms with Crippen LogP contribution in [0.4, 0.5) is 5.13 Å². The SMILES string of the molecule is O=C(Nc1ncc(C#CCO)s1)c1cncs1. The molecule has 0 saturated heterocycles. The van der Waals surface area contributed by atoms with Crippen LogP contribution >= 0.6 is 22.7 Å². The van der Waals surface area contributed by atoms with Crippen molar-refractivity contribution in [3.63, 3.8) is 0 Å². The number of thiazole rings is 2. The number of aromatic nitrogens is 2. The first kappa shape index (κ1) is 11.7. The molecule has 0 aliphatic carbocycles. The Labute approximate surface area is 105 Å². The zero-order valence-electron chi connectivity index (χ0n) is 8.51. The number of carbonyl (C=O) groups is 1. The van der Waals surface area contributed by atoms with Gasteiger partial charge in [0.05, 0.1) is 22.8 Å². The van der Waals surface area contributed by atoms with Crippen molar-refractivity contribution in [3.8, 4) is 11.8 Å². The van der Waals surface area contributed by atoms with E-state index in [1.165, 1.54) is 28.9 Å². The number of hydrogen-bond acceptors (Lipinski definition) is 6. The number of rotatable bonds is 2. The molecule has 0 aliphatic heterocycles. The highest BCUT2D eigenvalue weighted by Crippen LogP contribution is 2.18. The van der Waals surface area contributed by atoms with Gasteiger partial charge in [-0.1, -0.05) is 23.2 Å². The quantitative estimate of drug-likeness (QED) is 0.800. The zero-order chi connectivity index (χ0) is 12.1. The van der Waals surface area contributed by atoms with Crippen LogP contribution in [0.25, 0.3) is 0 Å². The van der Waals surface area contributed by atoms with Crippen LogP contribution in [-0.4, -0.2) is 27.6 Å². The van der Waals surface area contributed by atoms with E-state index in [1.54, 1.807) is 11.7 Å². The third-order valence-electron chi connectivity index (χ3n) is 1.67. The lowest BCUT2D eigenvalue weighted by molar-refractivity contribution is 0.103. The van der Waals surface area contributed by atoms with Crippen LogP contribution in [0.3, 0.4) is 0 Å². The van der Waals surface area contributed by atoms with E-state index in [-0.39, 0.29) is 12.5 Å². The van der Waals surface area contributed by atoms with Crippen LogP contribution < -0.4 is 5.32 Å². The second-order valence-electron chi connectivity index (χ2n) is 2.81. The third-order valence-corrected chi connectivity index (χ3v) is 3.27. The maximum Gasteiger partial charge on any atom is 0.269 e. The van der Waals surface area contributed by atoms with Crippen molar-refractivity contribution < 1.29 is 9.90 Å². The first-order chi connectivity index (χ1) is 8.29. The van der Waals surface area contributed by atoms with Gasteiger partial charge in [-0.15, -0.1) is 11.3 Å². The Kier molecular flexibility index (Phi) is 3.82. The predicted molar refractivity (Wildman–Crippen MR) is 66.1 cm³/mol. The fraction of sp³-hybridized carbons (Fsp3) is 0.100. The minimum atomic E-state index is -0.233. The van der Waals surface area contributed by atoms with Crippen molar-refractivity contribution in [1.29, 1.82) is 0 Å². The fourth-order valence-corrected chi connectivity index (χ4v) is 2.20. The lowest BCUT2D eigenvalue weighted by Crippen LogP contribution is -2.09. The van der Waals surface area contributed by atoms with E-state index in [4.69, 9.17) is 5.11 Å². The molecule has 1 amide bonds. The largest absolute Gasteiger partial charge is 0.384 e. The molecule has 0 unspecified atom stereocenters. The molecular formula is C10H7N3O2S2. The first-order valence-electron chi connectivity index (χ1n) is 4.55. The Bertz CT molecular complexity index is 566. The second kappa shape index (κ2) is 5.54. The lowest BCUT2D eigenvalue weighted by atomic mass is 10.5. The highest BCUT2D eigenvalue weighted by Gasteiger charge is 2.09. The van der Waals surface area contributed by atoms with Gasteiger partial charge in [0.1, 0.15) is 11.5 Å². The van der Waals surface area contributed by atoms with Gasteiger partial charge in [-0.2, -0.15) is 0 Å². The minimum Gasteiger partial charge on any atom is -0.384 e. The van der Waals surface area contributed by atoms with Gasteiger partial charge < -0.3 is 5.11 Å². The maximum atomic E-state index is 11.6. The van der Waals surface area contributed by atoms with Crippen molar-refractivity contribution in [3.05, 3.63) is 27.7 Å². The maximum absolute atomic E-state index is 11.6. The number of nitrogens with zero attached hydrogens (tertiary/aromatic N) is 2. The van der Waals surface area contributed by atoms with Crippen molar-refractivity contribution in [2.24, 2.45) is 0 Å². The Morgan fingerprint density at radius 3 is 3.12 bits per heavy atom. The molecule has 0 atom stereocenters. The normalized spacial score (nSPS) is 9.47. The van der Waals surface area contributed by atoms with E-state index >= 15 is 0 Å². The molecule has 17 heavy (non-hydrogen) atoms. The Morgan fingerprint density at radius 1 is 1.53 bits per heavy atom. The van der Waals surface area contributed by atoms with Crippen molar-refractivity contribution in [2.75, 3.05) is 11.9 Å². The molecule has 5 nitrogen and oxygen atoms in total. The monoisotopic (exact) mass is 265 g/mol. The molecule has 2 N–H and O–H groups in total. The van der Waals surface area contributed by atoms with Crippen LogP contribution in [-0.2, 0) is 0 Å². The second-order valence-corrected chi connectivity index (χ2v) is 4.73. The topological polar surface area (TPSA) is 75.1 Å². The summed E-state index contributed by atoms with van der Waals surface area (Å²) in [5.74, 6) is 5.00. The summed E-state index contributed by atoms with van der Waals surface area (Å²) in [6.45, 7) is -0.194. The lowest BCUT2D eigenvalue weighted by Gasteiger charge is -1.96. The molecule has 86 valence electrons. The van der Waals surface area contributed by atoms with E-state index < -0.39 is 0 Å². The molecule has 0 saturated carbocycles. The van der Waals surface area contributed by atoms with Gasteiger partial charge in [-0.25, -0.2) is 4.98 Å². The van der Waals surface area contributed by atoms with E-state index in [9.17, 15) is 4.79 Å². The van der Waals surface area contributed by atoms with Crippen LogP contribution in [0, 0.1) is 11.8 Å². The summed E-state index contributed by atoms with van der Waals surface area (Å²) in [4.78, 5) is 20.7. The molecule has 0 bridgehead atoms. The molecule has 2 aromatic heterocycles. The fourth-order valence-electron chi connectivity index (χ4n) is 1.00. The van der Waals surface area contributed by atoms with E-state index in [0.29, 0.717) is 14.9 Å². The highest BCUT2D eigenvalue weighted by molar-refractivity contribution is 7.16. The van der Waals surface area contributed by atoms with Crippen molar-refractivity contribution in [1.82, 2.24) is 9.97 Å². The molecule has 0 aromatic carbocycles. The summed E-state index contributed by atoms with van der Waals surface area (Å²) in [6, 6.07) is 0. The average Bonchev–Trinajstić information content (AvgIpc) is 2.97. The molecule has 2 rings (SSSR count). The zero-order valence-corrected chi connectivity index (χ0v) is 10.1. The van der Waals surface area contributed by atoms with Crippen molar-refractivity contribution in [2.45, 2.75) is 0 Å². The molecular weight excluding hydrogens is 258 g/mol. The number of nitrogens with one attached hydrogen (secondary N) is 1. The Morgan fingerprint density at radius 2 is 2.41 bits per heavy atom. The van der Waals surface area contributed by atoms with E-state index in [2.05, 4.69) is 27.1 Å². The van der Waals surface area contributed by atoms with Gasteiger partial charge in [0, 0.05) is 0 Å². The highest BCUT2D eigenvalue weighted by atomic mass is 32.1. The summed E-state index contributed by atoms with van der Waals surface area (Å²) in [5, 5.41) is 11.7. The number of aliphatic hydroxyl groups excluding tert-OH is 1. The summed E-state index contributed by atoms with van der Waals surface area (Å²) in [7, 11) is 0. The van der Waals surface area contributed by atoms with E-state index in [1.807, 2.05) is 0 Å². The van der Waals surface area contributed by atoms with Gasteiger partial charge >= 0.3 is 0 Å². The summed E-state index contributed by atoms with van der Waals surface area (Å²) < 4.78 is 0. The van der Waals surface area contributed by atoms with Gasteiger partial charge in [-0.05, 0) is 0 Å². The average molecular weight is 265 g/mol. The molecule has 0 spiro atoms. The van der Waals surface area contributed by atoms with Gasteiger partial charge in [0.25, 0.3) is 5.91 Å². The molecule has 0 radical (unpaired) electrons.